The first-order chi connectivity index (χ1) is 9.54. The summed E-state index contributed by atoms with van der Waals surface area (Å²) in [5.74, 6) is 0. The summed E-state index contributed by atoms with van der Waals surface area (Å²) in [4.78, 5) is 2.18. The van der Waals surface area contributed by atoms with Crippen LogP contribution in [-0.4, -0.2) is 19.0 Å². The molecule has 0 spiro atoms. The summed E-state index contributed by atoms with van der Waals surface area (Å²) >= 11 is 0. The predicted molar refractivity (Wildman–Crippen MR) is 87.0 cm³/mol. The molecule has 0 heterocycles. The Kier molecular flexibility index (Phi) is 4.80. The second kappa shape index (κ2) is 6.58. The highest BCUT2D eigenvalue weighted by Gasteiger charge is 2.06. The highest BCUT2D eigenvalue weighted by Crippen LogP contribution is 2.21. The number of hydrogen-bond donors (Lipinski definition) is 1. The van der Waals surface area contributed by atoms with Crippen LogP contribution in [0.2, 0.25) is 0 Å². The maximum Gasteiger partial charge on any atom is 0.0485 e. The molecule has 0 radical (unpaired) electrons. The summed E-state index contributed by atoms with van der Waals surface area (Å²) < 4.78 is 0. The quantitative estimate of drug-likeness (QED) is 0.873. The molecule has 2 nitrogen and oxygen atoms in total. The lowest BCUT2D eigenvalue weighted by atomic mass is 10.1. The molecule has 2 aromatic carbocycles. The molecule has 2 heteroatoms. The molecule has 0 aromatic heterocycles. The van der Waals surface area contributed by atoms with E-state index in [9.17, 15) is 0 Å². The highest BCUT2D eigenvalue weighted by molar-refractivity contribution is 5.47. The first-order valence-electron chi connectivity index (χ1n) is 7.11. The van der Waals surface area contributed by atoms with Crippen molar-refractivity contribution in [3.63, 3.8) is 0 Å². The first-order valence-corrected chi connectivity index (χ1v) is 7.11. The van der Waals surface area contributed by atoms with Crippen molar-refractivity contribution in [2.45, 2.75) is 26.4 Å². The Morgan fingerprint density at radius 3 is 2.50 bits per heavy atom. The van der Waals surface area contributed by atoms with E-state index in [1.54, 1.807) is 0 Å². The van der Waals surface area contributed by atoms with Gasteiger partial charge in [0.15, 0.2) is 0 Å². The zero-order valence-electron chi connectivity index (χ0n) is 12.9. The summed E-state index contributed by atoms with van der Waals surface area (Å²) in [6.07, 6.45) is 0. The van der Waals surface area contributed by atoms with E-state index in [-0.39, 0.29) is 0 Å². The zero-order chi connectivity index (χ0) is 14.5. The minimum atomic E-state index is 0.310. The molecule has 0 aliphatic carbocycles. The molecule has 0 aliphatic rings. The second-order valence-corrected chi connectivity index (χ2v) is 5.72. The summed E-state index contributed by atoms with van der Waals surface area (Å²) in [6.45, 7) is 5.30. The molecule has 0 aliphatic heterocycles. The lowest BCUT2D eigenvalue weighted by molar-refractivity contribution is 0.402. The van der Waals surface area contributed by atoms with Crippen LogP contribution in [0.4, 0.5) is 5.69 Å². The molecule has 2 rings (SSSR count). The molecule has 0 saturated heterocycles. The smallest absolute Gasteiger partial charge is 0.0485 e. The Labute approximate surface area is 122 Å². The van der Waals surface area contributed by atoms with Gasteiger partial charge in [0.2, 0.25) is 0 Å². The first kappa shape index (κ1) is 14.6. The lowest BCUT2D eigenvalue weighted by Gasteiger charge is -2.17. The van der Waals surface area contributed by atoms with Crippen LogP contribution in [0, 0.1) is 6.92 Å². The zero-order valence-corrected chi connectivity index (χ0v) is 12.9. The standard InChI is InChI=1S/C18H24N2/c1-14-7-5-9-17(11-14)15(2)19-18-10-6-8-16(12-18)13-20(3)4/h5-12,15,19H,13H2,1-4H3. The monoisotopic (exact) mass is 268 g/mol. The molecular formula is C18H24N2. The van der Waals surface area contributed by atoms with Gasteiger partial charge in [0.1, 0.15) is 0 Å². The number of rotatable bonds is 5. The summed E-state index contributed by atoms with van der Waals surface area (Å²) in [5, 5.41) is 3.58. The third-order valence-corrected chi connectivity index (χ3v) is 3.35. The van der Waals surface area contributed by atoms with Crippen molar-refractivity contribution in [1.29, 1.82) is 0 Å². The van der Waals surface area contributed by atoms with E-state index in [4.69, 9.17) is 0 Å². The fourth-order valence-electron chi connectivity index (χ4n) is 2.40. The number of aryl methyl sites for hydroxylation is 1. The number of anilines is 1. The third-order valence-electron chi connectivity index (χ3n) is 3.35. The predicted octanol–water partition coefficient (Wildman–Crippen LogP) is 4.23. The molecule has 0 bridgehead atoms. The Morgan fingerprint density at radius 1 is 1.05 bits per heavy atom. The number of hydrogen-bond acceptors (Lipinski definition) is 2. The topological polar surface area (TPSA) is 15.3 Å². The van der Waals surface area contributed by atoms with Crippen LogP contribution in [0.5, 0.6) is 0 Å². The van der Waals surface area contributed by atoms with Crippen molar-refractivity contribution >= 4 is 5.69 Å². The van der Waals surface area contributed by atoms with Crippen LogP contribution in [0.1, 0.15) is 29.7 Å². The maximum absolute atomic E-state index is 3.58. The van der Waals surface area contributed by atoms with E-state index in [1.165, 1.54) is 22.4 Å². The average Bonchev–Trinajstić information content (AvgIpc) is 2.38. The lowest BCUT2D eigenvalue weighted by Crippen LogP contribution is -2.11. The van der Waals surface area contributed by atoms with Crippen LogP contribution in [0.3, 0.4) is 0 Å². The van der Waals surface area contributed by atoms with Crippen molar-refractivity contribution in [2.24, 2.45) is 0 Å². The van der Waals surface area contributed by atoms with E-state index in [2.05, 4.69) is 86.7 Å². The second-order valence-electron chi connectivity index (χ2n) is 5.72. The van der Waals surface area contributed by atoms with Gasteiger partial charge in [-0.25, -0.2) is 0 Å². The molecule has 0 fully saturated rings. The molecule has 0 saturated carbocycles. The fourth-order valence-corrected chi connectivity index (χ4v) is 2.40. The van der Waals surface area contributed by atoms with E-state index in [0.29, 0.717) is 6.04 Å². The normalized spacial score (nSPS) is 12.4. The minimum Gasteiger partial charge on any atom is -0.379 e. The van der Waals surface area contributed by atoms with Crippen molar-refractivity contribution in [2.75, 3.05) is 19.4 Å². The summed E-state index contributed by atoms with van der Waals surface area (Å²) in [5.41, 5.74) is 5.13. The van der Waals surface area contributed by atoms with Gasteiger partial charge in [-0.15, -0.1) is 0 Å². The average molecular weight is 268 g/mol. The molecule has 1 unspecified atom stereocenters. The van der Waals surface area contributed by atoms with E-state index >= 15 is 0 Å². The van der Waals surface area contributed by atoms with Crippen molar-refractivity contribution in [3.05, 3.63) is 65.2 Å². The largest absolute Gasteiger partial charge is 0.379 e. The molecule has 1 atom stereocenters. The number of nitrogens with zero attached hydrogens (tertiary/aromatic N) is 1. The third kappa shape index (κ3) is 4.10. The van der Waals surface area contributed by atoms with Gasteiger partial charge >= 0.3 is 0 Å². The highest BCUT2D eigenvalue weighted by atomic mass is 15.0. The van der Waals surface area contributed by atoms with Crippen LogP contribution < -0.4 is 5.32 Å². The van der Waals surface area contributed by atoms with Crippen LogP contribution in [-0.2, 0) is 6.54 Å². The number of benzene rings is 2. The van der Waals surface area contributed by atoms with E-state index < -0.39 is 0 Å². The Morgan fingerprint density at radius 2 is 1.80 bits per heavy atom. The summed E-state index contributed by atoms with van der Waals surface area (Å²) in [6, 6.07) is 17.6. The molecule has 1 N–H and O–H groups in total. The van der Waals surface area contributed by atoms with E-state index in [0.717, 1.165) is 6.54 Å². The summed E-state index contributed by atoms with van der Waals surface area (Å²) in [7, 11) is 4.19. The molecular weight excluding hydrogens is 244 g/mol. The SMILES string of the molecule is Cc1cccc(C(C)Nc2cccc(CN(C)C)c2)c1. The van der Waals surface area contributed by atoms with Gasteiger partial charge in [0.05, 0.1) is 0 Å². The fraction of sp³-hybridized carbons (Fsp3) is 0.333. The van der Waals surface area contributed by atoms with E-state index in [1.807, 2.05) is 0 Å². The van der Waals surface area contributed by atoms with Gasteiger partial charge in [-0.1, -0.05) is 42.0 Å². The van der Waals surface area contributed by atoms with Crippen molar-refractivity contribution in [3.8, 4) is 0 Å². The van der Waals surface area contributed by atoms with Gasteiger partial charge in [0, 0.05) is 18.3 Å². The van der Waals surface area contributed by atoms with Gasteiger partial charge in [-0.3, -0.25) is 0 Å². The van der Waals surface area contributed by atoms with Gasteiger partial charge < -0.3 is 10.2 Å². The van der Waals surface area contributed by atoms with Crippen molar-refractivity contribution < 1.29 is 0 Å². The van der Waals surface area contributed by atoms with Gasteiger partial charge in [-0.2, -0.15) is 0 Å². The van der Waals surface area contributed by atoms with Crippen molar-refractivity contribution in [1.82, 2.24) is 4.90 Å². The maximum atomic E-state index is 3.58. The Bertz CT molecular complexity index is 561. The molecule has 106 valence electrons. The minimum absolute atomic E-state index is 0.310. The molecule has 0 amide bonds. The Balaban J connectivity index is 2.09. The Hall–Kier alpha value is -1.80. The van der Waals surface area contributed by atoms with Crippen LogP contribution >= 0.6 is 0 Å². The molecule has 20 heavy (non-hydrogen) atoms. The number of nitrogens with one attached hydrogen (secondary N) is 1. The van der Waals surface area contributed by atoms with Gasteiger partial charge in [0.25, 0.3) is 0 Å². The van der Waals surface area contributed by atoms with Crippen LogP contribution in [0.15, 0.2) is 48.5 Å². The van der Waals surface area contributed by atoms with Crippen LogP contribution in [0.25, 0.3) is 0 Å². The van der Waals surface area contributed by atoms with Gasteiger partial charge in [-0.05, 0) is 51.2 Å². The molecule has 2 aromatic rings.